The molecule has 0 atom stereocenters. The Balaban J connectivity index is 2.01. The van der Waals surface area contributed by atoms with Crippen molar-refractivity contribution in [2.75, 3.05) is 0 Å². The Kier molecular flexibility index (Phi) is 11.5. The van der Waals surface area contributed by atoms with Crippen molar-refractivity contribution in [2.45, 2.75) is 86.3 Å². The first-order chi connectivity index (χ1) is 23.0. The van der Waals surface area contributed by atoms with E-state index >= 15 is 8.78 Å². The number of rotatable bonds is 14. The van der Waals surface area contributed by atoms with Crippen molar-refractivity contribution in [2.24, 2.45) is 0 Å². The van der Waals surface area contributed by atoms with Gasteiger partial charge in [0.15, 0.2) is 0 Å². The largest absolute Gasteiger partial charge is 0.491 e. The van der Waals surface area contributed by atoms with Gasteiger partial charge in [-0.15, -0.1) is 11.3 Å². The lowest BCUT2D eigenvalue weighted by molar-refractivity contribution is -0.382. The van der Waals surface area contributed by atoms with Crippen LogP contribution in [0.15, 0.2) is 114 Å². The average molecular weight is 793 g/mol. The number of benzene rings is 3. The number of halogens is 9. The highest BCUT2D eigenvalue weighted by Gasteiger charge is 2.86. The van der Waals surface area contributed by atoms with E-state index in [-0.39, 0.29) is 37.7 Å². The van der Waals surface area contributed by atoms with Gasteiger partial charge in [0.05, 0.1) is 20.6 Å². The molecule has 0 saturated carbocycles. The van der Waals surface area contributed by atoms with Crippen molar-refractivity contribution in [1.82, 2.24) is 0 Å². The van der Waals surface area contributed by atoms with Gasteiger partial charge < -0.3 is 9.47 Å². The SMILES string of the molecule is CC(C)Oc1ccc(S(OS(=O)(=O)C(F)(F)C(F)(F)C(F)(F)C(F)(F)F)(c2ccc(OC(C)C)cc2)c2ccc(Sc3ccccc3)s2)cc1. The van der Waals surface area contributed by atoms with E-state index in [0.29, 0.717) is 9.10 Å². The quantitative estimate of drug-likeness (QED) is 0.119. The molecule has 0 radical (unpaired) electrons. The molecule has 0 spiro atoms. The third-order valence-electron chi connectivity index (χ3n) is 6.48. The van der Waals surface area contributed by atoms with E-state index in [9.17, 15) is 39.2 Å². The van der Waals surface area contributed by atoms with Crippen molar-refractivity contribution in [3.05, 3.63) is 91.0 Å². The van der Waals surface area contributed by atoms with Gasteiger partial charge >= 0.3 is 33.4 Å². The zero-order valence-electron chi connectivity index (χ0n) is 26.4. The molecule has 0 bridgehead atoms. The number of hydrogen-bond acceptors (Lipinski definition) is 7. The first-order valence-corrected chi connectivity index (χ1v) is 19.0. The summed E-state index contributed by atoms with van der Waals surface area (Å²) in [7, 11) is -11.6. The summed E-state index contributed by atoms with van der Waals surface area (Å²) in [5, 5.41) is -7.10. The molecule has 0 unspecified atom stereocenters. The molecule has 4 aromatic rings. The van der Waals surface area contributed by atoms with E-state index in [2.05, 4.69) is 0 Å². The van der Waals surface area contributed by atoms with Crippen molar-refractivity contribution in [3.8, 4) is 11.5 Å². The van der Waals surface area contributed by atoms with Gasteiger partial charge in [0, 0.05) is 14.7 Å². The van der Waals surface area contributed by atoms with E-state index in [1.165, 1.54) is 60.7 Å². The Morgan fingerprint density at radius 3 is 1.50 bits per heavy atom. The van der Waals surface area contributed by atoms with E-state index in [0.717, 1.165) is 23.1 Å². The Hall–Kier alpha value is -3.06. The summed E-state index contributed by atoms with van der Waals surface area (Å²) in [4.78, 5) is 0.241. The maximum Gasteiger partial charge on any atom is 0.460 e. The average Bonchev–Trinajstić information content (AvgIpc) is 3.48. The minimum Gasteiger partial charge on any atom is -0.491 e. The van der Waals surface area contributed by atoms with Gasteiger partial charge in [-0.3, -0.25) is 0 Å². The van der Waals surface area contributed by atoms with Crippen LogP contribution < -0.4 is 9.47 Å². The summed E-state index contributed by atoms with van der Waals surface area (Å²) < 4.78 is 170. The van der Waals surface area contributed by atoms with Crippen molar-refractivity contribution in [3.63, 3.8) is 0 Å². The number of ether oxygens (including phenoxy) is 2. The minimum absolute atomic E-state index is 0.156. The second kappa shape index (κ2) is 14.5. The smallest absolute Gasteiger partial charge is 0.460 e. The molecule has 0 saturated heterocycles. The predicted molar refractivity (Wildman–Crippen MR) is 173 cm³/mol. The third kappa shape index (κ3) is 7.73. The fraction of sp³-hybridized carbons (Fsp3) is 0.312. The molecule has 0 amide bonds. The first-order valence-electron chi connectivity index (χ1n) is 14.4. The second-order valence-corrected chi connectivity index (χ2v) is 18.2. The van der Waals surface area contributed by atoms with Crippen molar-refractivity contribution < 1.29 is 61.0 Å². The van der Waals surface area contributed by atoms with Crippen LogP contribution in [0.2, 0.25) is 0 Å². The van der Waals surface area contributed by atoms with Crippen LogP contribution in [0.5, 0.6) is 11.5 Å². The van der Waals surface area contributed by atoms with Gasteiger partial charge in [-0.05, 0) is 111 Å². The highest BCUT2D eigenvalue weighted by molar-refractivity contribution is 8.34. The van der Waals surface area contributed by atoms with E-state index in [4.69, 9.17) is 13.1 Å². The fourth-order valence-corrected chi connectivity index (χ4v) is 12.6. The van der Waals surface area contributed by atoms with Crippen LogP contribution in [0, 0.1) is 0 Å². The van der Waals surface area contributed by atoms with Gasteiger partial charge in [0.25, 0.3) is 0 Å². The van der Waals surface area contributed by atoms with Gasteiger partial charge in [-0.2, -0.15) is 47.9 Å². The topological polar surface area (TPSA) is 61.8 Å². The zero-order chi connectivity index (χ0) is 37.3. The highest BCUT2D eigenvalue weighted by atomic mass is 32.3. The molecule has 5 nitrogen and oxygen atoms in total. The summed E-state index contributed by atoms with van der Waals surface area (Å²) in [6.45, 7) is 6.76. The molecule has 3 aromatic carbocycles. The third-order valence-corrected chi connectivity index (χ3v) is 14.4. The molecule has 0 N–H and O–H groups in total. The summed E-state index contributed by atoms with van der Waals surface area (Å²) in [6.07, 6.45) is -7.96. The molecular weight excluding hydrogens is 764 g/mol. The number of thiophene rings is 1. The molecule has 274 valence electrons. The summed E-state index contributed by atoms with van der Waals surface area (Å²) in [5.74, 6) is -14.6. The lowest BCUT2D eigenvalue weighted by atomic mass is 10.1. The Morgan fingerprint density at radius 1 is 0.620 bits per heavy atom. The summed E-state index contributed by atoms with van der Waals surface area (Å²) >= 11 is 1.97. The Bertz CT molecular complexity index is 1790. The molecule has 50 heavy (non-hydrogen) atoms. The molecular formula is C32H29F9O5S4. The van der Waals surface area contributed by atoms with Crippen LogP contribution in [0.4, 0.5) is 39.5 Å². The van der Waals surface area contributed by atoms with E-state index < -0.39 is 43.7 Å². The van der Waals surface area contributed by atoms with Crippen LogP contribution in [-0.2, 0) is 13.7 Å². The Morgan fingerprint density at radius 2 is 1.08 bits per heavy atom. The molecule has 1 heterocycles. The van der Waals surface area contributed by atoms with Crippen LogP contribution >= 0.6 is 33.4 Å². The van der Waals surface area contributed by atoms with E-state index in [1.807, 2.05) is 0 Å². The maximum atomic E-state index is 15.3. The molecule has 18 heteroatoms. The lowest BCUT2D eigenvalue weighted by Crippen LogP contribution is -2.63. The van der Waals surface area contributed by atoms with Crippen LogP contribution in [-0.4, -0.2) is 43.9 Å². The molecule has 4 rings (SSSR count). The van der Waals surface area contributed by atoms with Gasteiger partial charge in [0.2, 0.25) is 0 Å². The number of alkyl halides is 9. The van der Waals surface area contributed by atoms with Crippen LogP contribution in [0.1, 0.15) is 27.7 Å². The fourth-order valence-electron chi connectivity index (χ4n) is 4.26. The standard InChI is InChI=1S/C32H29F9O5S4/c1-20(2)44-22-10-14-25(15-11-22)49(26-16-12-23(13-17-26)45-21(3)4,28-19-18-27(48-28)47-24-8-6-5-7-9-24)46-50(42,43)32(40,41)30(35,36)29(33,34)31(37,38)39/h5-21H,1-4H3. The first kappa shape index (κ1) is 39.7. The molecule has 0 aliphatic rings. The second-order valence-electron chi connectivity index (χ2n) is 11.0. The van der Waals surface area contributed by atoms with Gasteiger partial charge in [0.1, 0.15) is 11.5 Å². The predicted octanol–water partition coefficient (Wildman–Crippen LogP) is 11.4. The minimum atomic E-state index is -7.50. The van der Waals surface area contributed by atoms with Crippen molar-refractivity contribution >= 4 is 43.5 Å². The zero-order valence-corrected chi connectivity index (χ0v) is 29.7. The van der Waals surface area contributed by atoms with Gasteiger partial charge in [-0.25, -0.2) is 3.63 Å². The number of hydrogen-bond donors (Lipinski definition) is 0. The molecule has 0 aliphatic heterocycles. The van der Waals surface area contributed by atoms with Crippen LogP contribution in [0.3, 0.4) is 0 Å². The normalized spacial score (nSPS) is 13.9. The summed E-state index contributed by atoms with van der Waals surface area (Å²) in [6, 6.07) is 21.4. The monoisotopic (exact) mass is 792 g/mol. The lowest BCUT2D eigenvalue weighted by Gasteiger charge is -2.40. The van der Waals surface area contributed by atoms with Crippen LogP contribution in [0.25, 0.3) is 0 Å². The maximum absolute atomic E-state index is 15.3. The van der Waals surface area contributed by atoms with Crippen molar-refractivity contribution in [1.29, 1.82) is 0 Å². The molecule has 1 aromatic heterocycles. The molecule has 0 aliphatic carbocycles. The molecule has 0 fully saturated rings. The highest BCUT2D eigenvalue weighted by Crippen LogP contribution is 2.73. The Labute approximate surface area is 292 Å². The van der Waals surface area contributed by atoms with E-state index in [1.54, 1.807) is 58.0 Å². The summed E-state index contributed by atoms with van der Waals surface area (Å²) in [5.41, 5.74) is 0. The van der Waals surface area contributed by atoms with Gasteiger partial charge in [-0.1, -0.05) is 30.0 Å².